The van der Waals surface area contributed by atoms with Gasteiger partial charge in [-0.05, 0) is 50.2 Å². The molecule has 0 fully saturated rings. The van der Waals surface area contributed by atoms with Crippen molar-refractivity contribution in [1.82, 2.24) is 20.0 Å². The summed E-state index contributed by atoms with van der Waals surface area (Å²) in [6.07, 6.45) is 1.64. The number of methoxy groups -OCH3 is 1. The van der Waals surface area contributed by atoms with E-state index in [9.17, 15) is 4.79 Å². The molecule has 24 heavy (non-hydrogen) atoms. The molecule has 0 bridgehead atoms. The van der Waals surface area contributed by atoms with E-state index < -0.39 is 0 Å². The number of nitrogens with one attached hydrogen (secondary N) is 1. The lowest BCUT2D eigenvalue weighted by Crippen LogP contribution is -2.14. The van der Waals surface area contributed by atoms with Gasteiger partial charge in [0.1, 0.15) is 5.75 Å². The minimum atomic E-state index is -0.308. The number of anilines is 1. The van der Waals surface area contributed by atoms with E-state index in [1.54, 1.807) is 37.0 Å². The van der Waals surface area contributed by atoms with E-state index in [2.05, 4.69) is 20.6 Å². The summed E-state index contributed by atoms with van der Waals surface area (Å²) in [5, 5.41) is 10.9. The standard InChI is InChI=1S/C17H17N5O2/c1-11-10-13(8-9-18-11)19-17(23)16-12(2)22(21-20-16)14-4-6-15(24-3)7-5-14/h4-10H,1-3H3,(H,18,19,23). The van der Waals surface area contributed by atoms with E-state index >= 15 is 0 Å². The second-order valence-corrected chi connectivity index (χ2v) is 5.27. The van der Waals surface area contributed by atoms with Crippen molar-refractivity contribution in [3.05, 3.63) is 59.7 Å². The predicted molar refractivity (Wildman–Crippen MR) is 89.6 cm³/mol. The molecule has 7 heteroatoms. The van der Waals surface area contributed by atoms with Crippen LogP contribution in [0.15, 0.2) is 42.6 Å². The number of aryl methyl sites for hydroxylation is 1. The van der Waals surface area contributed by atoms with E-state index in [4.69, 9.17) is 4.74 Å². The molecule has 0 atom stereocenters. The Labute approximate surface area is 139 Å². The Hall–Kier alpha value is -3.22. The average Bonchev–Trinajstić information content (AvgIpc) is 2.96. The van der Waals surface area contributed by atoms with Gasteiger partial charge < -0.3 is 10.1 Å². The SMILES string of the molecule is COc1ccc(-n2nnc(C(=O)Nc3ccnc(C)c3)c2C)cc1. The van der Waals surface area contributed by atoms with E-state index in [1.807, 2.05) is 31.2 Å². The molecule has 0 saturated carbocycles. The summed E-state index contributed by atoms with van der Waals surface area (Å²) in [4.78, 5) is 16.5. The maximum Gasteiger partial charge on any atom is 0.278 e. The Morgan fingerprint density at radius 1 is 1.17 bits per heavy atom. The number of carbonyl (C=O) groups excluding carboxylic acids is 1. The lowest BCUT2D eigenvalue weighted by atomic mass is 10.2. The van der Waals surface area contributed by atoms with Crippen molar-refractivity contribution in [2.45, 2.75) is 13.8 Å². The Bertz CT molecular complexity index is 871. The molecule has 0 spiro atoms. The van der Waals surface area contributed by atoms with Crippen LogP contribution in [-0.2, 0) is 0 Å². The topological polar surface area (TPSA) is 81.9 Å². The summed E-state index contributed by atoms with van der Waals surface area (Å²) in [5.41, 5.74) is 3.24. The van der Waals surface area contributed by atoms with E-state index in [0.29, 0.717) is 11.4 Å². The highest BCUT2D eigenvalue weighted by atomic mass is 16.5. The van der Waals surface area contributed by atoms with Crippen molar-refractivity contribution in [2.75, 3.05) is 12.4 Å². The van der Waals surface area contributed by atoms with E-state index in [0.717, 1.165) is 17.1 Å². The minimum absolute atomic E-state index is 0.278. The Kier molecular flexibility index (Phi) is 4.24. The van der Waals surface area contributed by atoms with Gasteiger partial charge in [-0.3, -0.25) is 9.78 Å². The van der Waals surface area contributed by atoms with Crippen LogP contribution in [0.5, 0.6) is 5.75 Å². The highest BCUT2D eigenvalue weighted by Gasteiger charge is 2.17. The fraction of sp³-hybridized carbons (Fsp3) is 0.176. The zero-order valence-corrected chi connectivity index (χ0v) is 13.6. The van der Waals surface area contributed by atoms with Crippen molar-refractivity contribution in [2.24, 2.45) is 0 Å². The Balaban J connectivity index is 1.84. The lowest BCUT2D eigenvalue weighted by molar-refractivity contribution is 0.102. The maximum atomic E-state index is 12.4. The van der Waals surface area contributed by atoms with Gasteiger partial charge in [0.15, 0.2) is 5.69 Å². The van der Waals surface area contributed by atoms with Gasteiger partial charge in [-0.15, -0.1) is 5.10 Å². The summed E-state index contributed by atoms with van der Waals surface area (Å²) in [7, 11) is 1.61. The molecule has 1 aromatic carbocycles. The number of aromatic nitrogens is 4. The number of ether oxygens (including phenoxy) is 1. The second-order valence-electron chi connectivity index (χ2n) is 5.27. The average molecular weight is 323 g/mol. The summed E-state index contributed by atoms with van der Waals surface area (Å²) < 4.78 is 6.76. The molecule has 2 heterocycles. The van der Waals surface area contributed by atoms with Crippen molar-refractivity contribution < 1.29 is 9.53 Å². The molecular formula is C17H17N5O2. The lowest BCUT2D eigenvalue weighted by Gasteiger charge is -2.06. The molecule has 3 rings (SSSR count). The largest absolute Gasteiger partial charge is 0.497 e. The van der Waals surface area contributed by atoms with Gasteiger partial charge in [0.25, 0.3) is 5.91 Å². The van der Waals surface area contributed by atoms with Crippen LogP contribution in [0.4, 0.5) is 5.69 Å². The number of benzene rings is 1. The van der Waals surface area contributed by atoms with E-state index in [-0.39, 0.29) is 11.6 Å². The van der Waals surface area contributed by atoms with Crippen LogP contribution >= 0.6 is 0 Å². The molecule has 0 aliphatic rings. The first-order valence-corrected chi connectivity index (χ1v) is 7.39. The Morgan fingerprint density at radius 3 is 2.58 bits per heavy atom. The molecule has 1 amide bonds. The molecular weight excluding hydrogens is 306 g/mol. The van der Waals surface area contributed by atoms with Crippen molar-refractivity contribution in [3.8, 4) is 11.4 Å². The highest BCUT2D eigenvalue weighted by molar-refractivity contribution is 6.03. The summed E-state index contributed by atoms with van der Waals surface area (Å²) in [6, 6.07) is 10.9. The first-order valence-electron chi connectivity index (χ1n) is 7.39. The van der Waals surface area contributed by atoms with Crippen LogP contribution < -0.4 is 10.1 Å². The van der Waals surface area contributed by atoms with Crippen LogP contribution in [0.25, 0.3) is 5.69 Å². The summed E-state index contributed by atoms with van der Waals surface area (Å²) in [5.74, 6) is 0.445. The normalized spacial score (nSPS) is 10.5. The number of amides is 1. The first kappa shape index (κ1) is 15.7. The molecule has 0 radical (unpaired) electrons. The zero-order chi connectivity index (χ0) is 17.1. The monoisotopic (exact) mass is 323 g/mol. The quantitative estimate of drug-likeness (QED) is 0.798. The predicted octanol–water partition coefficient (Wildman–Crippen LogP) is 2.54. The van der Waals surface area contributed by atoms with Gasteiger partial charge in [-0.25, -0.2) is 4.68 Å². The van der Waals surface area contributed by atoms with Crippen molar-refractivity contribution in [1.29, 1.82) is 0 Å². The molecule has 0 aliphatic heterocycles. The number of hydrogen-bond acceptors (Lipinski definition) is 5. The van der Waals surface area contributed by atoms with Gasteiger partial charge in [0, 0.05) is 17.6 Å². The molecule has 7 nitrogen and oxygen atoms in total. The highest BCUT2D eigenvalue weighted by Crippen LogP contribution is 2.17. The third-order valence-electron chi connectivity index (χ3n) is 3.58. The molecule has 3 aromatic rings. The molecule has 122 valence electrons. The molecule has 0 unspecified atom stereocenters. The maximum absolute atomic E-state index is 12.4. The number of nitrogens with zero attached hydrogens (tertiary/aromatic N) is 4. The van der Waals surface area contributed by atoms with Gasteiger partial charge in [0.05, 0.1) is 18.5 Å². The first-order chi connectivity index (χ1) is 11.6. The number of carbonyl (C=O) groups is 1. The minimum Gasteiger partial charge on any atom is -0.497 e. The zero-order valence-electron chi connectivity index (χ0n) is 13.6. The molecule has 0 saturated heterocycles. The summed E-state index contributed by atoms with van der Waals surface area (Å²) >= 11 is 0. The molecule has 2 aromatic heterocycles. The fourth-order valence-electron chi connectivity index (χ4n) is 2.32. The van der Waals surface area contributed by atoms with E-state index in [1.165, 1.54) is 0 Å². The van der Waals surface area contributed by atoms with Crippen molar-refractivity contribution >= 4 is 11.6 Å². The molecule has 1 N–H and O–H groups in total. The van der Waals surface area contributed by atoms with Crippen LogP contribution in [0.2, 0.25) is 0 Å². The van der Waals surface area contributed by atoms with Crippen molar-refractivity contribution in [3.63, 3.8) is 0 Å². The van der Waals surface area contributed by atoms with Gasteiger partial charge in [-0.2, -0.15) is 0 Å². The van der Waals surface area contributed by atoms with Crippen LogP contribution in [0.1, 0.15) is 21.9 Å². The molecule has 0 aliphatic carbocycles. The van der Waals surface area contributed by atoms with Crippen LogP contribution in [0.3, 0.4) is 0 Å². The van der Waals surface area contributed by atoms with Gasteiger partial charge >= 0.3 is 0 Å². The van der Waals surface area contributed by atoms with Gasteiger partial charge in [-0.1, -0.05) is 5.21 Å². The number of rotatable bonds is 4. The van der Waals surface area contributed by atoms with Crippen LogP contribution in [-0.4, -0.2) is 33.0 Å². The fourth-order valence-corrected chi connectivity index (χ4v) is 2.32. The Morgan fingerprint density at radius 2 is 1.92 bits per heavy atom. The van der Waals surface area contributed by atoms with Gasteiger partial charge in [0.2, 0.25) is 0 Å². The third-order valence-corrected chi connectivity index (χ3v) is 3.58. The second kappa shape index (κ2) is 6.49. The third kappa shape index (κ3) is 3.10. The smallest absolute Gasteiger partial charge is 0.278 e. The summed E-state index contributed by atoms with van der Waals surface area (Å²) in [6.45, 7) is 3.66. The number of hydrogen-bond donors (Lipinski definition) is 1. The van der Waals surface area contributed by atoms with Crippen LogP contribution in [0, 0.1) is 13.8 Å². The number of pyridine rings is 1.